The number of rotatable bonds is 2. The number of pyridine rings is 1. The van der Waals surface area contributed by atoms with E-state index < -0.39 is 0 Å². The van der Waals surface area contributed by atoms with Gasteiger partial charge in [-0.1, -0.05) is 6.92 Å². The molecular weight excluding hydrogens is 278 g/mol. The fraction of sp³-hybridized carbons (Fsp3) is 0.571. The van der Waals surface area contributed by atoms with Crippen molar-refractivity contribution in [1.82, 2.24) is 9.47 Å². The Labute approximate surface area is 125 Å². The van der Waals surface area contributed by atoms with Gasteiger partial charge in [0.2, 0.25) is 0 Å². The fourth-order valence-corrected chi connectivity index (χ4v) is 2.59. The highest BCUT2D eigenvalue weighted by Crippen LogP contribution is 2.23. The summed E-state index contributed by atoms with van der Waals surface area (Å²) in [5, 5.41) is 0. The predicted octanol–water partition coefficient (Wildman–Crippen LogP) is 1.01. The van der Waals surface area contributed by atoms with Gasteiger partial charge in [0, 0.05) is 44.0 Å². The molecule has 0 bridgehead atoms. The summed E-state index contributed by atoms with van der Waals surface area (Å²) in [6.07, 6.45) is 3.56. The Morgan fingerprint density at radius 3 is 2.80 bits per heavy atom. The van der Waals surface area contributed by atoms with Gasteiger partial charge in [0.05, 0.1) is 0 Å². The molecule has 0 saturated carbocycles. The molecule has 5 nitrogen and oxygen atoms in total. The van der Waals surface area contributed by atoms with E-state index >= 15 is 0 Å². The maximum Gasteiger partial charge on any atom is 0.254 e. The lowest BCUT2D eigenvalue weighted by atomic mass is 9.92. The van der Waals surface area contributed by atoms with Gasteiger partial charge in [-0.05, 0) is 24.8 Å². The summed E-state index contributed by atoms with van der Waals surface area (Å²) in [6, 6.07) is 3.17. The first kappa shape index (κ1) is 16.7. The molecule has 2 N–H and O–H groups in total. The highest BCUT2D eigenvalue weighted by Gasteiger charge is 2.29. The van der Waals surface area contributed by atoms with E-state index in [9.17, 15) is 9.59 Å². The van der Waals surface area contributed by atoms with Gasteiger partial charge in [-0.3, -0.25) is 9.59 Å². The van der Waals surface area contributed by atoms with E-state index in [4.69, 9.17) is 5.73 Å². The predicted molar refractivity (Wildman–Crippen MR) is 81.2 cm³/mol. The Morgan fingerprint density at radius 1 is 1.50 bits per heavy atom. The SMILES string of the molecule is CC1CCN(C(=O)c2ccn(C)c(=O)c2)C(CN)C1.Cl. The van der Waals surface area contributed by atoms with Gasteiger partial charge in [0.15, 0.2) is 0 Å². The number of hydrogen-bond acceptors (Lipinski definition) is 3. The van der Waals surface area contributed by atoms with Crippen LogP contribution in [0.25, 0.3) is 0 Å². The summed E-state index contributed by atoms with van der Waals surface area (Å²) in [5.41, 5.74) is 6.05. The van der Waals surface area contributed by atoms with E-state index in [-0.39, 0.29) is 29.9 Å². The first-order valence-electron chi connectivity index (χ1n) is 6.70. The zero-order valence-electron chi connectivity index (χ0n) is 11.9. The summed E-state index contributed by atoms with van der Waals surface area (Å²) in [7, 11) is 1.67. The molecule has 20 heavy (non-hydrogen) atoms. The van der Waals surface area contributed by atoms with Crippen molar-refractivity contribution in [3.05, 3.63) is 34.2 Å². The second kappa shape index (κ2) is 6.90. The molecule has 2 atom stereocenters. The molecular formula is C14H22ClN3O2. The zero-order valence-corrected chi connectivity index (χ0v) is 12.7. The zero-order chi connectivity index (χ0) is 14.0. The Morgan fingerprint density at radius 2 is 2.20 bits per heavy atom. The molecule has 1 aliphatic rings. The van der Waals surface area contributed by atoms with Gasteiger partial charge in [-0.15, -0.1) is 12.4 Å². The van der Waals surface area contributed by atoms with Crippen molar-refractivity contribution >= 4 is 18.3 Å². The molecule has 1 aromatic heterocycles. The Balaban J connectivity index is 0.00000200. The van der Waals surface area contributed by atoms with E-state index in [1.807, 2.05) is 4.90 Å². The standard InChI is InChI=1S/C14H21N3O2.ClH/c1-10-3-6-17(12(7-10)9-15)14(19)11-4-5-16(2)13(18)8-11;/h4-5,8,10,12H,3,6-7,9,15H2,1-2H3;1H. The number of carbonyl (C=O) groups is 1. The van der Waals surface area contributed by atoms with Crippen molar-refractivity contribution in [1.29, 1.82) is 0 Å². The normalized spacial score (nSPS) is 22.2. The number of aromatic nitrogens is 1. The number of nitrogens with two attached hydrogens (primary N) is 1. The van der Waals surface area contributed by atoms with Gasteiger partial charge in [0.1, 0.15) is 0 Å². The third kappa shape index (κ3) is 3.41. The van der Waals surface area contributed by atoms with E-state index in [2.05, 4.69) is 6.92 Å². The van der Waals surface area contributed by atoms with Crippen LogP contribution >= 0.6 is 12.4 Å². The number of carbonyl (C=O) groups excluding carboxylic acids is 1. The van der Waals surface area contributed by atoms with Crippen LogP contribution < -0.4 is 11.3 Å². The number of halogens is 1. The minimum absolute atomic E-state index is 0. The van der Waals surface area contributed by atoms with Crippen LogP contribution in [0.15, 0.2) is 23.1 Å². The van der Waals surface area contributed by atoms with E-state index in [0.29, 0.717) is 18.0 Å². The smallest absolute Gasteiger partial charge is 0.254 e. The summed E-state index contributed by atoms with van der Waals surface area (Å²) >= 11 is 0. The van der Waals surface area contributed by atoms with E-state index in [0.717, 1.165) is 19.4 Å². The fourth-order valence-electron chi connectivity index (χ4n) is 2.59. The number of aryl methyl sites for hydroxylation is 1. The van der Waals surface area contributed by atoms with Crippen LogP contribution in [0.2, 0.25) is 0 Å². The average Bonchev–Trinajstić information content (AvgIpc) is 2.41. The largest absolute Gasteiger partial charge is 0.334 e. The lowest BCUT2D eigenvalue weighted by Crippen LogP contribution is -2.49. The summed E-state index contributed by atoms with van der Waals surface area (Å²) < 4.78 is 1.45. The number of nitrogens with zero attached hydrogens (tertiary/aromatic N) is 2. The Kier molecular flexibility index (Phi) is 5.77. The molecule has 1 aromatic rings. The van der Waals surface area contributed by atoms with Crippen molar-refractivity contribution in [2.45, 2.75) is 25.8 Å². The second-order valence-corrected chi connectivity index (χ2v) is 5.38. The van der Waals surface area contributed by atoms with Gasteiger partial charge in [0.25, 0.3) is 11.5 Å². The van der Waals surface area contributed by atoms with Crippen molar-refractivity contribution in [2.75, 3.05) is 13.1 Å². The number of likely N-dealkylation sites (tertiary alicyclic amines) is 1. The topological polar surface area (TPSA) is 68.3 Å². The van der Waals surface area contributed by atoms with Crippen molar-refractivity contribution < 1.29 is 4.79 Å². The highest BCUT2D eigenvalue weighted by molar-refractivity contribution is 5.94. The second-order valence-electron chi connectivity index (χ2n) is 5.38. The molecule has 1 aliphatic heterocycles. The molecule has 1 saturated heterocycles. The first-order valence-corrected chi connectivity index (χ1v) is 6.70. The molecule has 6 heteroatoms. The van der Waals surface area contributed by atoms with Crippen LogP contribution in [0.4, 0.5) is 0 Å². The minimum atomic E-state index is -0.166. The van der Waals surface area contributed by atoms with Crippen LogP contribution in [0.1, 0.15) is 30.1 Å². The monoisotopic (exact) mass is 299 g/mol. The Bertz CT molecular complexity index is 529. The van der Waals surface area contributed by atoms with Crippen molar-refractivity contribution in [2.24, 2.45) is 18.7 Å². The van der Waals surface area contributed by atoms with Crippen LogP contribution in [0.5, 0.6) is 0 Å². The molecule has 1 amide bonds. The Hall–Kier alpha value is -1.33. The number of hydrogen-bond donors (Lipinski definition) is 1. The van der Waals surface area contributed by atoms with Crippen LogP contribution in [0.3, 0.4) is 0 Å². The number of amides is 1. The molecule has 0 aromatic carbocycles. The van der Waals surface area contributed by atoms with Crippen molar-refractivity contribution in [3.8, 4) is 0 Å². The third-order valence-corrected chi connectivity index (χ3v) is 3.86. The van der Waals surface area contributed by atoms with Crippen molar-refractivity contribution in [3.63, 3.8) is 0 Å². The molecule has 112 valence electrons. The molecule has 0 radical (unpaired) electrons. The van der Waals surface area contributed by atoms with Gasteiger partial charge in [-0.25, -0.2) is 0 Å². The van der Waals surface area contributed by atoms with E-state index in [1.54, 1.807) is 19.3 Å². The lowest BCUT2D eigenvalue weighted by molar-refractivity contribution is 0.0573. The third-order valence-electron chi connectivity index (χ3n) is 3.86. The lowest BCUT2D eigenvalue weighted by Gasteiger charge is -2.38. The number of piperidine rings is 1. The molecule has 0 aliphatic carbocycles. The van der Waals surface area contributed by atoms with Crippen LogP contribution in [-0.2, 0) is 7.05 Å². The average molecular weight is 300 g/mol. The summed E-state index contributed by atoms with van der Waals surface area (Å²) in [4.78, 5) is 25.9. The van der Waals surface area contributed by atoms with E-state index in [1.165, 1.54) is 10.6 Å². The van der Waals surface area contributed by atoms with Gasteiger partial charge >= 0.3 is 0 Å². The summed E-state index contributed by atoms with van der Waals surface area (Å²) in [6.45, 7) is 3.38. The first-order chi connectivity index (χ1) is 9.02. The maximum atomic E-state index is 12.5. The van der Waals surface area contributed by atoms with Gasteiger partial charge < -0.3 is 15.2 Å². The van der Waals surface area contributed by atoms with Gasteiger partial charge in [-0.2, -0.15) is 0 Å². The maximum absolute atomic E-state index is 12.5. The molecule has 1 fully saturated rings. The molecule has 0 spiro atoms. The summed E-state index contributed by atoms with van der Waals surface area (Å²) in [5.74, 6) is 0.515. The van der Waals surface area contributed by atoms with Crippen LogP contribution in [0, 0.1) is 5.92 Å². The van der Waals surface area contributed by atoms with Crippen LogP contribution in [-0.4, -0.2) is 34.5 Å². The quantitative estimate of drug-likeness (QED) is 0.886. The molecule has 2 unspecified atom stereocenters. The molecule has 2 heterocycles. The minimum Gasteiger partial charge on any atom is -0.334 e. The highest BCUT2D eigenvalue weighted by atomic mass is 35.5. The molecule has 2 rings (SSSR count).